The lowest BCUT2D eigenvalue weighted by molar-refractivity contribution is 0.180. The summed E-state index contributed by atoms with van der Waals surface area (Å²) in [6, 6.07) is 7.69. The highest BCUT2D eigenvalue weighted by Gasteiger charge is 2.29. The van der Waals surface area contributed by atoms with Crippen LogP contribution in [0.4, 0.5) is 0 Å². The molecular weight excluding hydrogens is 426 g/mol. The molecular formula is C24H26ClN5O2. The van der Waals surface area contributed by atoms with E-state index in [9.17, 15) is 4.79 Å². The lowest BCUT2D eigenvalue weighted by Gasteiger charge is -2.18. The van der Waals surface area contributed by atoms with E-state index in [1.165, 1.54) is 0 Å². The predicted molar refractivity (Wildman–Crippen MR) is 126 cm³/mol. The Bertz CT molecular complexity index is 1340. The summed E-state index contributed by atoms with van der Waals surface area (Å²) < 4.78 is 9.89. The second-order valence-electron chi connectivity index (χ2n) is 8.38. The number of hydrogen-bond donors (Lipinski definition) is 0. The first-order chi connectivity index (χ1) is 15.6. The van der Waals surface area contributed by atoms with Crippen LogP contribution < -0.4 is 10.4 Å². The third-order valence-electron chi connectivity index (χ3n) is 5.99. The fourth-order valence-electron chi connectivity index (χ4n) is 4.21. The van der Waals surface area contributed by atoms with Crippen molar-refractivity contribution in [1.29, 1.82) is 0 Å². The van der Waals surface area contributed by atoms with Crippen LogP contribution in [-0.4, -0.2) is 30.2 Å². The molecule has 32 heavy (non-hydrogen) atoms. The highest BCUT2D eigenvalue weighted by atomic mass is 35.5. The van der Waals surface area contributed by atoms with E-state index in [4.69, 9.17) is 26.3 Å². The van der Waals surface area contributed by atoms with Crippen molar-refractivity contribution in [3.63, 3.8) is 0 Å². The van der Waals surface area contributed by atoms with Gasteiger partial charge in [-0.1, -0.05) is 31.9 Å². The molecule has 0 bridgehead atoms. The summed E-state index contributed by atoms with van der Waals surface area (Å²) in [7, 11) is 0. The van der Waals surface area contributed by atoms with E-state index in [2.05, 4.69) is 18.8 Å². The molecule has 1 aromatic carbocycles. The first kappa shape index (κ1) is 20.9. The van der Waals surface area contributed by atoms with Crippen molar-refractivity contribution < 1.29 is 4.74 Å². The summed E-state index contributed by atoms with van der Waals surface area (Å²) in [5, 5.41) is 1.42. The van der Waals surface area contributed by atoms with Gasteiger partial charge in [0.15, 0.2) is 5.82 Å². The third-order valence-corrected chi connectivity index (χ3v) is 6.23. The molecule has 7 nitrogen and oxygen atoms in total. The van der Waals surface area contributed by atoms with E-state index in [0.29, 0.717) is 22.2 Å². The zero-order valence-corrected chi connectivity index (χ0v) is 19.0. The minimum Gasteiger partial charge on any atom is -0.474 e. The lowest BCUT2D eigenvalue weighted by Crippen LogP contribution is -2.25. The van der Waals surface area contributed by atoms with Crippen LogP contribution in [-0.2, 0) is 6.54 Å². The number of hydrogen-bond acceptors (Lipinski definition) is 5. The third kappa shape index (κ3) is 3.86. The van der Waals surface area contributed by atoms with E-state index in [1.807, 2.05) is 28.8 Å². The van der Waals surface area contributed by atoms with Crippen LogP contribution in [0.2, 0.25) is 5.02 Å². The normalized spacial score (nSPS) is 14.8. The Balaban J connectivity index is 1.61. The molecule has 0 N–H and O–H groups in total. The molecule has 5 rings (SSSR count). The van der Waals surface area contributed by atoms with Gasteiger partial charge in [-0.2, -0.15) is 4.98 Å². The minimum absolute atomic E-state index is 0.0508. The van der Waals surface area contributed by atoms with Crippen molar-refractivity contribution in [3.05, 3.63) is 58.0 Å². The fourth-order valence-corrected chi connectivity index (χ4v) is 4.38. The summed E-state index contributed by atoms with van der Waals surface area (Å²) in [5.74, 6) is 1.06. The van der Waals surface area contributed by atoms with E-state index < -0.39 is 0 Å². The van der Waals surface area contributed by atoms with Gasteiger partial charge in [0.2, 0.25) is 5.88 Å². The first-order valence-electron chi connectivity index (χ1n) is 11.3. The van der Waals surface area contributed by atoms with E-state index in [-0.39, 0.29) is 24.4 Å². The van der Waals surface area contributed by atoms with Gasteiger partial charge in [-0.05, 0) is 49.9 Å². The number of nitrogens with zero attached hydrogens (tertiary/aromatic N) is 5. The van der Waals surface area contributed by atoms with Crippen LogP contribution in [0, 0.1) is 0 Å². The standard InChI is InChI=1S/C24H26ClN5O2/c1-3-5-17(4-2)32-23-18-9-6-15(25)12-19(18)27-22(28-23)14-29-21-13-26-11-10-20(21)30(24(29)31)16-7-8-16/h6,9-13,16-17H,3-5,7-8,14H2,1-2H3. The number of benzene rings is 1. The SMILES string of the molecule is CCCC(CC)Oc1nc(Cn2c(=O)n(C3CC3)c3ccncc32)nc2cc(Cl)ccc12. The Hall–Kier alpha value is -2.93. The summed E-state index contributed by atoms with van der Waals surface area (Å²) >= 11 is 6.25. The molecule has 166 valence electrons. The molecule has 1 saturated carbocycles. The molecule has 1 fully saturated rings. The summed E-state index contributed by atoms with van der Waals surface area (Å²) in [4.78, 5) is 27.0. The average Bonchev–Trinajstić information content (AvgIpc) is 3.58. The molecule has 1 aliphatic rings. The number of halogens is 1. The van der Waals surface area contributed by atoms with Gasteiger partial charge >= 0.3 is 5.69 Å². The highest BCUT2D eigenvalue weighted by Crippen LogP contribution is 2.36. The monoisotopic (exact) mass is 451 g/mol. The number of fused-ring (bicyclic) bond motifs is 2. The molecule has 3 heterocycles. The van der Waals surface area contributed by atoms with Crippen LogP contribution in [0.3, 0.4) is 0 Å². The van der Waals surface area contributed by atoms with Crippen LogP contribution in [0.5, 0.6) is 5.88 Å². The molecule has 0 radical (unpaired) electrons. The number of aromatic nitrogens is 5. The Morgan fingerprint density at radius 2 is 2.03 bits per heavy atom. The molecule has 0 saturated heterocycles. The van der Waals surface area contributed by atoms with Crippen molar-refractivity contribution >= 4 is 33.5 Å². The second kappa shape index (κ2) is 8.54. The maximum Gasteiger partial charge on any atom is 0.329 e. The second-order valence-corrected chi connectivity index (χ2v) is 8.81. The van der Waals surface area contributed by atoms with Gasteiger partial charge in [-0.3, -0.25) is 14.1 Å². The van der Waals surface area contributed by atoms with Crippen molar-refractivity contribution in [2.45, 2.75) is 64.6 Å². The van der Waals surface area contributed by atoms with Gasteiger partial charge in [0, 0.05) is 17.3 Å². The van der Waals surface area contributed by atoms with Gasteiger partial charge in [-0.15, -0.1) is 0 Å². The molecule has 8 heteroatoms. The zero-order chi connectivity index (χ0) is 22.2. The zero-order valence-electron chi connectivity index (χ0n) is 18.3. The van der Waals surface area contributed by atoms with Crippen molar-refractivity contribution in [1.82, 2.24) is 24.1 Å². The quantitative estimate of drug-likeness (QED) is 0.371. The summed E-state index contributed by atoms with van der Waals surface area (Å²) in [6.07, 6.45) is 8.46. The van der Waals surface area contributed by atoms with Crippen LogP contribution in [0.15, 0.2) is 41.5 Å². The summed E-state index contributed by atoms with van der Waals surface area (Å²) in [6.45, 7) is 4.50. The first-order valence-corrected chi connectivity index (χ1v) is 11.6. The van der Waals surface area contributed by atoms with E-state index in [0.717, 1.165) is 48.5 Å². The topological polar surface area (TPSA) is 74.8 Å². The van der Waals surface area contributed by atoms with Crippen LogP contribution in [0.1, 0.15) is 57.8 Å². The van der Waals surface area contributed by atoms with Gasteiger partial charge < -0.3 is 4.74 Å². The van der Waals surface area contributed by atoms with Crippen molar-refractivity contribution in [3.8, 4) is 5.88 Å². The highest BCUT2D eigenvalue weighted by molar-refractivity contribution is 6.31. The van der Waals surface area contributed by atoms with Crippen LogP contribution >= 0.6 is 11.6 Å². The summed E-state index contributed by atoms with van der Waals surface area (Å²) in [5.41, 5.74) is 2.35. The molecule has 0 aliphatic heterocycles. The number of imidazole rings is 1. The van der Waals surface area contributed by atoms with E-state index in [1.54, 1.807) is 17.0 Å². The van der Waals surface area contributed by atoms with Gasteiger partial charge in [0.05, 0.1) is 34.7 Å². The van der Waals surface area contributed by atoms with Gasteiger partial charge in [0.1, 0.15) is 6.10 Å². The molecule has 0 amide bonds. The van der Waals surface area contributed by atoms with Crippen LogP contribution in [0.25, 0.3) is 21.9 Å². The molecule has 0 spiro atoms. The fraction of sp³-hybridized carbons (Fsp3) is 0.417. The molecule has 3 aromatic heterocycles. The van der Waals surface area contributed by atoms with Crippen molar-refractivity contribution in [2.24, 2.45) is 0 Å². The van der Waals surface area contributed by atoms with Crippen molar-refractivity contribution in [2.75, 3.05) is 0 Å². The molecule has 1 aliphatic carbocycles. The number of pyridine rings is 1. The van der Waals surface area contributed by atoms with Gasteiger partial charge in [0.25, 0.3) is 0 Å². The minimum atomic E-state index is -0.0508. The Kier molecular flexibility index (Phi) is 5.59. The average molecular weight is 452 g/mol. The van der Waals surface area contributed by atoms with E-state index >= 15 is 0 Å². The molecule has 1 atom stereocenters. The number of rotatable bonds is 8. The smallest absolute Gasteiger partial charge is 0.329 e. The maximum absolute atomic E-state index is 13.3. The Morgan fingerprint density at radius 3 is 2.78 bits per heavy atom. The Morgan fingerprint density at radius 1 is 1.19 bits per heavy atom. The lowest BCUT2D eigenvalue weighted by atomic mass is 10.1. The Labute approximate surface area is 191 Å². The predicted octanol–water partition coefficient (Wildman–Crippen LogP) is 5.14. The van der Waals surface area contributed by atoms with Gasteiger partial charge in [-0.25, -0.2) is 9.78 Å². The molecule has 1 unspecified atom stereocenters. The number of ether oxygens (including phenoxy) is 1. The molecule has 4 aromatic rings. The maximum atomic E-state index is 13.3. The largest absolute Gasteiger partial charge is 0.474 e.